The summed E-state index contributed by atoms with van der Waals surface area (Å²) in [4.78, 5) is 40.2. The van der Waals surface area contributed by atoms with Crippen molar-refractivity contribution in [3.63, 3.8) is 0 Å². The second-order valence-electron chi connectivity index (χ2n) is 8.32. The van der Waals surface area contributed by atoms with Crippen LogP contribution in [0.15, 0.2) is 48.5 Å². The summed E-state index contributed by atoms with van der Waals surface area (Å²) in [5, 5.41) is 21.5. The zero-order valence-corrected chi connectivity index (χ0v) is 18.8. The van der Waals surface area contributed by atoms with Gasteiger partial charge in [0.2, 0.25) is 5.91 Å². The third-order valence-corrected chi connectivity index (χ3v) is 6.33. The number of aliphatic carboxylic acids is 1. The van der Waals surface area contributed by atoms with Crippen LogP contribution in [0.25, 0.3) is 0 Å². The molecule has 3 rings (SSSR count). The topological polar surface area (TPSA) is 104 Å². The molecule has 170 valence electrons. The SMILES string of the molecule is CCN(CC)c1ccc([C@H]2N(C(C)C)C(=O)C[C@@]2(C(=O)O)c2ccc([N+](=O)[O-])cc2)cc1. The largest absolute Gasteiger partial charge is 0.480 e. The molecule has 8 heteroatoms. The van der Waals surface area contributed by atoms with Gasteiger partial charge >= 0.3 is 5.97 Å². The first kappa shape index (κ1) is 23.2. The van der Waals surface area contributed by atoms with Crippen LogP contribution in [0, 0.1) is 10.1 Å². The number of nitrogens with zero attached hydrogens (tertiary/aromatic N) is 3. The Labute approximate surface area is 187 Å². The highest BCUT2D eigenvalue weighted by Crippen LogP contribution is 2.51. The molecule has 2 atom stereocenters. The van der Waals surface area contributed by atoms with Crippen molar-refractivity contribution in [2.75, 3.05) is 18.0 Å². The van der Waals surface area contributed by atoms with Gasteiger partial charge in [0.05, 0.1) is 11.0 Å². The Morgan fingerprint density at radius 1 is 1.16 bits per heavy atom. The summed E-state index contributed by atoms with van der Waals surface area (Å²) in [5.41, 5.74) is 0.453. The zero-order valence-electron chi connectivity index (χ0n) is 18.8. The number of rotatable bonds is 8. The van der Waals surface area contributed by atoms with Gasteiger partial charge in [-0.25, -0.2) is 0 Å². The maximum absolute atomic E-state index is 13.1. The van der Waals surface area contributed by atoms with E-state index in [-0.39, 0.29) is 24.1 Å². The molecule has 0 bridgehead atoms. The highest BCUT2D eigenvalue weighted by Gasteiger charge is 2.59. The molecule has 1 amide bonds. The van der Waals surface area contributed by atoms with Crippen molar-refractivity contribution in [1.82, 2.24) is 4.90 Å². The van der Waals surface area contributed by atoms with Crippen LogP contribution in [-0.4, -0.2) is 45.9 Å². The lowest BCUT2D eigenvalue weighted by atomic mass is 9.71. The average Bonchev–Trinajstić information content (AvgIpc) is 3.09. The molecular weight excluding hydrogens is 410 g/mol. The van der Waals surface area contributed by atoms with Crippen molar-refractivity contribution in [3.8, 4) is 0 Å². The summed E-state index contributed by atoms with van der Waals surface area (Å²) >= 11 is 0. The standard InChI is InChI=1S/C24H29N3O5/c1-5-25(6-2)19-11-7-17(8-12-19)22-24(23(29)30,15-21(28)26(22)16(3)4)18-9-13-20(14-10-18)27(31)32/h7-14,16,22H,5-6,15H2,1-4H3,(H,29,30)/t22-,24-/m1/s1. The molecule has 0 aromatic heterocycles. The van der Waals surface area contributed by atoms with Crippen LogP contribution in [-0.2, 0) is 15.0 Å². The first-order valence-corrected chi connectivity index (χ1v) is 10.8. The number of nitro groups is 1. The van der Waals surface area contributed by atoms with E-state index in [0.717, 1.165) is 24.3 Å². The molecule has 1 aliphatic rings. The summed E-state index contributed by atoms with van der Waals surface area (Å²) in [6.07, 6.45) is -0.208. The molecule has 0 unspecified atom stereocenters. The van der Waals surface area contributed by atoms with Gasteiger partial charge in [-0.15, -0.1) is 0 Å². The van der Waals surface area contributed by atoms with Gasteiger partial charge in [0.25, 0.3) is 5.69 Å². The van der Waals surface area contributed by atoms with Crippen molar-refractivity contribution in [3.05, 3.63) is 69.8 Å². The van der Waals surface area contributed by atoms with Crippen LogP contribution in [0.1, 0.15) is 51.3 Å². The van der Waals surface area contributed by atoms with Gasteiger partial charge in [0.15, 0.2) is 0 Å². The monoisotopic (exact) mass is 439 g/mol. The molecule has 0 saturated carbocycles. The maximum atomic E-state index is 13.1. The lowest BCUT2D eigenvalue weighted by Gasteiger charge is -2.37. The Bertz CT molecular complexity index is 999. The smallest absolute Gasteiger partial charge is 0.317 e. The van der Waals surface area contributed by atoms with E-state index in [9.17, 15) is 24.8 Å². The first-order valence-electron chi connectivity index (χ1n) is 10.8. The van der Waals surface area contributed by atoms with Gasteiger partial charge in [0, 0.05) is 43.4 Å². The lowest BCUT2D eigenvalue weighted by molar-refractivity contribution is -0.384. The zero-order chi connectivity index (χ0) is 23.6. The van der Waals surface area contributed by atoms with Crippen LogP contribution in [0.3, 0.4) is 0 Å². The summed E-state index contributed by atoms with van der Waals surface area (Å²) in [6, 6.07) is 12.2. The second-order valence-corrected chi connectivity index (χ2v) is 8.32. The Hall–Kier alpha value is -3.42. The minimum atomic E-state index is -1.55. The fourth-order valence-electron chi connectivity index (χ4n) is 4.75. The van der Waals surface area contributed by atoms with E-state index < -0.39 is 22.3 Å². The van der Waals surface area contributed by atoms with Gasteiger partial charge < -0.3 is 14.9 Å². The molecule has 0 radical (unpaired) electrons. The van der Waals surface area contributed by atoms with Gasteiger partial charge in [-0.1, -0.05) is 24.3 Å². The number of hydrogen-bond acceptors (Lipinski definition) is 5. The number of carboxylic acids is 1. The van der Waals surface area contributed by atoms with Gasteiger partial charge in [0.1, 0.15) is 5.41 Å². The number of nitro benzene ring substituents is 1. The molecule has 1 heterocycles. The predicted molar refractivity (Wildman–Crippen MR) is 122 cm³/mol. The maximum Gasteiger partial charge on any atom is 0.317 e. The second kappa shape index (κ2) is 8.98. The Morgan fingerprint density at radius 3 is 2.16 bits per heavy atom. The number of non-ortho nitro benzene ring substituents is 1. The highest BCUT2D eigenvalue weighted by molar-refractivity contribution is 5.95. The van der Waals surface area contributed by atoms with Crippen LogP contribution in [0.2, 0.25) is 0 Å². The fraction of sp³-hybridized carbons (Fsp3) is 0.417. The van der Waals surface area contributed by atoms with Crippen LogP contribution in [0.5, 0.6) is 0 Å². The van der Waals surface area contributed by atoms with E-state index in [0.29, 0.717) is 5.56 Å². The van der Waals surface area contributed by atoms with Crippen molar-refractivity contribution in [1.29, 1.82) is 0 Å². The number of likely N-dealkylation sites (tertiary alicyclic amines) is 1. The minimum Gasteiger partial charge on any atom is -0.480 e. The number of benzene rings is 2. The molecule has 32 heavy (non-hydrogen) atoms. The van der Waals surface area contributed by atoms with E-state index in [4.69, 9.17) is 0 Å². The number of anilines is 1. The summed E-state index contributed by atoms with van der Waals surface area (Å²) < 4.78 is 0. The molecule has 1 aliphatic heterocycles. The van der Waals surface area contributed by atoms with Crippen LogP contribution >= 0.6 is 0 Å². The first-order chi connectivity index (χ1) is 15.2. The molecular formula is C24H29N3O5. The molecule has 0 spiro atoms. The van der Waals surface area contributed by atoms with E-state index in [2.05, 4.69) is 18.7 Å². The molecule has 2 aromatic carbocycles. The lowest BCUT2D eigenvalue weighted by Crippen LogP contribution is -2.44. The Morgan fingerprint density at radius 2 is 1.72 bits per heavy atom. The number of carbonyl (C=O) groups is 2. The van der Waals surface area contributed by atoms with Gasteiger partial charge in [-0.3, -0.25) is 19.7 Å². The average molecular weight is 440 g/mol. The van der Waals surface area contributed by atoms with Crippen LogP contribution < -0.4 is 4.90 Å². The minimum absolute atomic E-state index is 0.126. The summed E-state index contributed by atoms with van der Waals surface area (Å²) in [6.45, 7) is 9.55. The van der Waals surface area contributed by atoms with Gasteiger partial charge in [-0.2, -0.15) is 0 Å². The molecule has 8 nitrogen and oxygen atoms in total. The van der Waals surface area contributed by atoms with E-state index in [1.165, 1.54) is 24.3 Å². The summed E-state index contributed by atoms with van der Waals surface area (Å²) in [5.74, 6) is -1.38. The fourth-order valence-corrected chi connectivity index (χ4v) is 4.75. The molecule has 2 aromatic rings. The van der Waals surface area contributed by atoms with E-state index in [1.54, 1.807) is 4.90 Å². The molecule has 1 N–H and O–H groups in total. The van der Waals surface area contributed by atoms with Crippen molar-refractivity contribution in [2.24, 2.45) is 0 Å². The number of carboxylic acid groups (broad SMARTS) is 1. The third kappa shape index (κ3) is 3.81. The predicted octanol–water partition coefficient (Wildman–Crippen LogP) is 4.15. The van der Waals surface area contributed by atoms with Crippen molar-refractivity contribution in [2.45, 2.75) is 51.6 Å². The number of carbonyl (C=O) groups excluding carboxylic acids is 1. The quantitative estimate of drug-likeness (QED) is 0.490. The highest BCUT2D eigenvalue weighted by atomic mass is 16.6. The summed E-state index contributed by atoms with van der Waals surface area (Å²) in [7, 11) is 0. The Balaban J connectivity index is 2.18. The van der Waals surface area contributed by atoms with E-state index in [1.807, 2.05) is 38.1 Å². The Kier molecular flexibility index (Phi) is 6.52. The number of amides is 1. The van der Waals surface area contributed by atoms with E-state index >= 15 is 0 Å². The van der Waals surface area contributed by atoms with Crippen LogP contribution in [0.4, 0.5) is 11.4 Å². The normalized spacial score (nSPS) is 20.6. The van der Waals surface area contributed by atoms with Crippen molar-refractivity contribution >= 4 is 23.3 Å². The van der Waals surface area contributed by atoms with Crippen molar-refractivity contribution < 1.29 is 19.6 Å². The third-order valence-electron chi connectivity index (χ3n) is 6.33. The number of hydrogen-bond donors (Lipinski definition) is 1. The molecule has 0 aliphatic carbocycles. The van der Waals surface area contributed by atoms with Gasteiger partial charge in [-0.05, 0) is 51.0 Å². The molecule has 1 fully saturated rings. The molecule has 1 saturated heterocycles.